The molecule has 0 aromatic carbocycles. The number of likely N-dealkylation sites (N-methyl/N-ethyl adjacent to an activating group) is 1. The van der Waals surface area contributed by atoms with Gasteiger partial charge in [-0.15, -0.1) is 24.8 Å². The molecule has 5 nitrogen and oxygen atoms in total. The fourth-order valence-electron chi connectivity index (χ4n) is 2.29. The predicted molar refractivity (Wildman–Crippen MR) is 91.4 cm³/mol. The molecule has 0 unspecified atom stereocenters. The minimum atomic E-state index is -0.480. The summed E-state index contributed by atoms with van der Waals surface area (Å²) in [5.41, 5.74) is 5.75. The minimum Gasteiger partial charge on any atom is -0.381 e. The number of nitrogens with one attached hydrogen (secondary N) is 1. The van der Waals surface area contributed by atoms with Crippen LogP contribution in [0.4, 0.5) is 0 Å². The number of rotatable bonds is 4. The SMILES string of the molecule is CN(C)C1(CNC(=O)[C@@H](N)C(C)(C)C)CCOCC1.Cl.Cl. The highest BCUT2D eigenvalue weighted by molar-refractivity contribution is 5.85. The van der Waals surface area contributed by atoms with Gasteiger partial charge in [0.15, 0.2) is 0 Å². The van der Waals surface area contributed by atoms with Crippen molar-refractivity contribution in [3.05, 3.63) is 0 Å². The van der Waals surface area contributed by atoms with E-state index in [4.69, 9.17) is 10.5 Å². The highest BCUT2D eigenvalue weighted by Crippen LogP contribution is 2.25. The normalized spacial score (nSPS) is 19.2. The molecule has 1 heterocycles. The third-order valence-corrected chi connectivity index (χ3v) is 4.18. The number of hydrogen-bond donors (Lipinski definition) is 2. The molecule has 1 aliphatic rings. The Kier molecular flexibility index (Phi) is 10.1. The monoisotopic (exact) mass is 343 g/mol. The van der Waals surface area contributed by atoms with E-state index in [0.29, 0.717) is 6.54 Å². The van der Waals surface area contributed by atoms with Crippen LogP contribution in [-0.2, 0) is 9.53 Å². The van der Waals surface area contributed by atoms with Crippen molar-refractivity contribution in [1.29, 1.82) is 0 Å². The maximum atomic E-state index is 12.1. The van der Waals surface area contributed by atoms with E-state index in [1.807, 2.05) is 20.8 Å². The predicted octanol–water partition coefficient (Wildman–Crippen LogP) is 1.43. The van der Waals surface area contributed by atoms with E-state index in [1.54, 1.807) is 0 Å². The number of ether oxygens (including phenoxy) is 1. The summed E-state index contributed by atoms with van der Waals surface area (Å²) in [5.74, 6) is -0.0692. The summed E-state index contributed by atoms with van der Waals surface area (Å²) >= 11 is 0. The molecular formula is C14H31Cl2N3O2. The van der Waals surface area contributed by atoms with Gasteiger partial charge >= 0.3 is 0 Å². The Morgan fingerprint density at radius 3 is 2.14 bits per heavy atom. The van der Waals surface area contributed by atoms with Crippen molar-refractivity contribution in [2.45, 2.75) is 45.2 Å². The number of hydrogen-bond acceptors (Lipinski definition) is 4. The van der Waals surface area contributed by atoms with Crippen LogP contribution < -0.4 is 11.1 Å². The average molecular weight is 344 g/mol. The molecule has 0 radical (unpaired) electrons. The zero-order valence-corrected chi connectivity index (χ0v) is 15.4. The third kappa shape index (κ3) is 6.28. The van der Waals surface area contributed by atoms with E-state index < -0.39 is 6.04 Å². The van der Waals surface area contributed by atoms with Crippen LogP contribution in [0.15, 0.2) is 0 Å². The average Bonchev–Trinajstić information content (AvgIpc) is 2.34. The first kappa shape index (κ1) is 23.2. The summed E-state index contributed by atoms with van der Waals surface area (Å²) in [6.45, 7) is 8.07. The molecule has 1 amide bonds. The lowest BCUT2D eigenvalue weighted by Gasteiger charge is -2.43. The van der Waals surface area contributed by atoms with E-state index in [0.717, 1.165) is 26.1 Å². The Bertz CT molecular complexity index is 314. The number of nitrogens with two attached hydrogens (primary N) is 1. The topological polar surface area (TPSA) is 67.6 Å². The van der Waals surface area contributed by atoms with Gasteiger partial charge in [-0.1, -0.05) is 20.8 Å². The van der Waals surface area contributed by atoms with Crippen molar-refractivity contribution >= 4 is 30.7 Å². The molecule has 0 aromatic heterocycles. The van der Waals surface area contributed by atoms with Crippen LogP contribution in [0.5, 0.6) is 0 Å². The Morgan fingerprint density at radius 1 is 1.29 bits per heavy atom. The van der Waals surface area contributed by atoms with Crippen molar-refractivity contribution in [2.24, 2.45) is 11.1 Å². The molecule has 7 heteroatoms. The van der Waals surface area contributed by atoms with E-state index in [9.17, 15) is 4.79 Å². The molecule has 0 aliphatic carbocycles. The van der Waals surface area contributed by atoms with Crippen LogP contribution in [-0.4, -0.2) is 56.2 Å². The standard InChI is InChI=1S/C14H29N3O2.2ClH/c1-13(2,3)11(15)12(18)16-10-14(17(4)5)6-8-19-9-7-14;;/h11H,6-10,15H2,1-5H3,(H,16,18);2*1H/t11-;;/m1../s1. The second-order valence-corrected chi connectivity index (χ2v) is 6.79. The van der Waals surface area contributed by atoms with Gasteiger partial charge in [0.05, 0.1) is 6.04 Å². The Hall–Kier alpha value is -0.0700. The number of carbonyl (C=O) groups is 1. The smallest absolute Gasteiger partial charge is 0.237 e. The minimum absolute atomic E-state index is 0. The van der Waals surface area contributed by atoms with Crippen LogP contribution in [0.2, 0.25) is 0 Å². The maximum Gasteiger partial charge on any atom is 0.237 e. The summed E-state index contributed by atoms with van der Waals surface area (Å²) in [4.78, 5) is 14.3. The lowest BCUT2D eigenvalue weighted by molar-refractivity contribution is -0.125. The van der Waals surface area contributed by atoms with E-state index >= 15 is 0 Å². The fraction of sp³-hybridized carbons (Fsp3) is 0.929. The summed E-state index contributed by atoms with van der Waals surface area (Å²) in [7, 11) is 4.11. The molecule has 1 saturated heterocycles. The second kappa shape index (κ2) is 9.16. The first-order valence-corrected chi connectivity index (χ1v) is 6.97. The van der Waals surface area contributed by atoms with E-state index in [2.05, 4.69) is 24.3 Å². The molecule has 1 rings (SSSR count). The lowest BCUT2D eigenvalue weighted by atomic mass is 9.85. The van der Waals surface area contributed by atoms with Gasteiger partial charge in [-0.05, 0) is 32.4 Å². The van der Waals surface area contributed by atoms with Gasteiger partial charge in [-0.25, -0.2) is 0 Å². The van der Waals surface area contributed by atoms with Gasteiger partial charge < -0.3 is 20.7 Å². The molecule has 21 heavy (non-hydrogen) atoms. The molecule has 1 fully saturated rings. The highest BCUT2D eigenvalue weighted by Gasteiger charge is 2.36. The number of halogens is 2. The van der Waals surface area contributed by atoms with Gasteiger partial charge in [0.1, 0.15) is 0 Å². The second-order valence-electron chi connectivity index (χ2n) is 6.79. The molecular weight excluding hydrogens is 313 g/mol. The van der Waals surface area contributed by atoms with Crippen molar-refractivity contribution in [3.63, 3.8) is 0 Å². The number of carbonyl (C=O) groups excluding carboxylic acids is 1. The highest BCUT2D eigenvalue weighted by atomic mass is 35.5. The van der Waals surface area contributed by atoms with Crippen molar-refractivity contribution in [3.8, 4) is 0 Å². The summed E-state index contributed by atoms with van der Waals surface area (Å²) in [6, 6.07) is -0.480. The van der Waals surface area contributed by atoms with Crippen LogP contribution in [0.25, 0.3) is 0 Å². The van der Waals surface area contributed by atoms with Gasteiger partial charge in [-0.2, -0.15) is 0 Å². The van der Waals surface area contributed by atoms with Crippen LogP contribution in [0, 0.1) is 5.41 Å². The quantitative estimate of drug-likeness (QED) is 0.810. The first-order chi connectivity index (χ1) is 8.69. The van der Waals surface area contributed by atoms with Gasteiger partial charge in [0, 0.05) is 25.3 Å². The molecule has 0 spiro atoms. The maximum absolute atomic E-state index is 12.1. The summed E-state index contributed by atoms with van der Waals surface area (Å²) in [5, 5.41) is 3.02. The van der Waals surface area contributed by atoms with E-state index in [-0.39, 0.29) is 41.7 Å². The molecule has 0 aromatic rings. The molecule has 1 aliphatic heterocycles. The molecule has 1 atom stereocenters. The van der Waals surface area contributed by atoms with Crippen LogP contribution >= 0.6 is 24.8 Å². The van der Waals surface area contributed by atoms with Crippen LogP contribution in [0.1, 0.15) is 33.6 Å². The molecule has 0 saturated carbocycles. The summed E-state index contributed by atoms with van der Waals surface area (Å²) < 4.78 is 5.42. The number of nitrogens with zero attached hydrogens (tertiary/aromatic N) is 1. The molecule has 128 valence electrons. The zero-order chi connectivity index (χ0) is 14.7. The lowest BCUT2D eigenvalue weighted by Crippen LogP contribution is -2.58. The molecule has 0 bridgehead atoms. The Morgan fingerprint density at radius 2 is 1.76 bits per heavy atom. The Labute approximate surface area is 141 Å². The summed E-state index contributed by atoms with van der Waals surface area (Å²) in [6.07, 6.45) is 1.87. The first-order valence-electron chi connectivity index (χ1n) is 6.97. The van der Waals surface area contributed by atoms with Crippen molar-refractivity contribution < 1.29 is 9.53 Å². The van der Waals surface area contributed by atoms with Crippen LogP contribution in [0.3, 0.4) is 0 Å². The van der Waals surface area contributed by atoms with E-state index in [1.165, 1.54) is 0 Å². The Balaban J connectivity index is 0. The van der Waals surface area contributed by atoms with Crippen molar-refractivity contribution in [1.82, 2.24) is 10.2 Å². The van der Waals surface area contributed by atoms with Crippen molar-refractivity contribution in [2.75, 3.05) is 33.9 Å². The fourth-order valence-corrected chi connectivity index (χ4v) is 2.29. The largest absolute Gasteiger partial charge is 0.381 e. The third-order valence-electron chi connectivity index (χ3n) is 4.18. The number of amides is 1. The molecule has 3 N–H and O–H groups in total. The van der Waals surface area contributed by atoms with Gasteiger partial charge in [0.2, 0.25) is 5.91 Å². The van der Waals surface area contributed by atoms with Gasteiger partial charge in [0.25, 0.3) is 0 Å². The van der Waals surface area contributed by atoms with Gasteiger partial charge in [-0.3, -0.25) is 4.79 Å². The zero-order valence-electron chi connectivity index (χ0n) is 13.8.